The van der Waals surface area contributed by atoms with E-state index in [0.717, 1.165) is 56.8 Å². The largest absolute Gasteiger partial charge is 0.446 e. The highest BCUT2D eigenvalue weighted by molar-refractivity contribution is 5.85. The first-order chi connectivity index (χ1) is 14.4. The summed E-state index contributed by atoms with van der Waals surface area (Å²) in [6.07, 6.45) is 4.92. The van der Waals surface area contributed by atoms with Crippen LogP contribution in [0.1, 0.15) is 57.6 Å². The van der Waals surface area contributed by atoms with Gasteiger partial charge in [-0.05, 0) is 72.8 Å². The van der Waals surface area contributed by atoms with Gasteiger partial charge in [0, 0.05) is 24.5 Å². The van der Waals surface area contributed by atoms with Crippen LogP contribution in [0.4, 0.5) is 16.2 Å². The van der Waals surface area contributed by atoms with Crippen LogP contribution >= 0.6 is 0 Å². The molecule has 4 heteroatoms. The standard InChI is InChI=1S/C26H34N2O2/c1-26(2,3)21-9-12-23(13-10-21)30-25(29)27-22-11-14-24-20(17-22)15-16-28(24)18-19-7-5-4-6-8-19/h4-8,11,14,17,21,23H,9-10,12-13,15-16,18H2,1-3H3,(H,27,29). The first-order valence-corrected chi connectivity index (χ1v) is 11.3. The molecule has 1 amide bonds. The van der Waals surface area contributed by atoms with Gasteiger partial charge in [0.15, 0.2) is 0 Å². The van der Waals surface area contributed by atoms with E-state index in [0.29, 0.717) is 5.41 Å². The molecular formula is C26H34N2O2. The lowest BCUT2D eigenvalue weighted by molar-refractivity contribution is 0.0528. The minimum Gasteiger partial charge on any atom is -0.446 e. The second-order valence-corrected chi connectivity index (χ2v) is 9.87. The molecule has 0 bridgehead atoms. The summed E-state index contributed by atoms with van der Waals surface area (Å²) in [4.78, 5) is 14.8. The molecule has 2 aromatic carbocycles. The Morgan fingerprint density at radius 1 is 1.07 bits per heavy atom. The van der Waals surface area contributed by atoms with Crippen LogP contribution in [0.3, 0.4) is 0 Å². The van der Waals surface area contributed by atoms with Crippen molar-refractivity contribution in [1.82, 2.24) is 0 Å². The summed E-state index contributed by atoms with van der Waals surface area (Å²) >= 11 is 0. The lowest BCUT2D eigenvalue weighted by Crippen LogP contribution is -2.31. The van der Waals surface area contributed by atoms with Crippen molar-refractivity contribution in [2.24, 2.45) is 11.3 Å². The molecule has 1 aliphatic heterocycles. The van der Waals surface area contributed by atoms with E-state index in [4.69, 9.17) is 4.74 Å². The summed E-state index contributed by atoms with van der Waals surface area (Å²) in [6, 6.07) is 16.8. The quantitative estimate of drug-likeness (QED) is 0.638. The lowest BCUT2D eigenvalue weighted by atomic mass is 9.72. The van der Waals surface area contributed by atoms with E-state index < -0.39 is 0 Å². The van der Waals surface area contributed by atoms with Crippen LogP contribution in [0.25, 0.3) is 0 Å². The number of ether oxygens (including phenoxy) is 1. The SMILES string of the molecule is CC(C)(C)C1CCC(OC(=O)Nc2ccc3c(c2)CCN3Cc2ccccc2)CC1. The Kier molecular flexibility index (Phi) is 6.03. The topological polar surface area (TPSA) is 41.6 Å². The molecule has 0 radical (unpaired) electrons. The third-order valence-electron chi connectivity index (χ3n) is 6.71. The van der Waals surface area contributed by atoms with Crippen LogP contribution in [-0.4, -0.2) is 18.7 Å². The summed E-state index contributed by atoms with van der Waals surface area (Å²) in [5.41, 5.74) is 5.03. The summed E-state index contributed by atoms with van der Waals surface area (Å²) < 4.78 is 5.72. The van der Waals surface area contributed by atoms with Gasteiger partial charge < -0.3 is 9.64 Å². The molecular weight excluding hydrogens is 372 g/mol. The average Bonchev–Trinajstić information content (AvgIpc) is 3.10. The van der Waals surface area contributed by atoms with Crippen LogP contribution in [-0.2, 0) is 17.7 Å². The number of carbonyl (C=O) groups is 1. The highest BCUT2D eigenvalue weighted by Crippen LogP contribution is 2.38. The van der Waals surface area contributed by atoms with Crippen molar-refractivity contribution < 1.29 is 9.53 Å². The Morgan fingerprint density at radius 2 is 1.80 bits per heavy atom. The van der Waals surface area contributed by atoms with Crippen molar-refractivity contribution >= 4 is 17.5 Å². The van der Waals surface area contributed by atoms with E-state index in [1.165, 1.54) is 16.8 Å². The second kappa shape index (κ2) is 8.71. The predicted molar refractivity (Wildman–Crippen MR) is 123 cm³/mol. The summed E-state index contributed by atoms with van der Waals surface area (Å²) in [6.45, 7) is 8.84. The first kappa shape index (κ1) is 20.8. The van der Waals surface area contributed by atoms with E-state index in [1.54, 1.807) is 0 Å². The summed E-state index contributed by atoms with van der Waals surface area (Å²) in [5, 5.41) is 2.95. The van der Waals surface area contributed by atoms with E-state index in [-0.39, 0.29) is 12.2 Å². The minimum absolute atomic E-state index is 0.0411. The zero-order valence-electron chi connectivity index (χ0n) is 18.5. The Labute approximate surface area is 180 Å². The number of nitrogens with one attached hydrogen (secondary N) is 1. The fourth-order valence-electron chi connectivity index (χ4n) is 4.86. The number of amides is 1. The Balaban J connectivity index is 1.30. The van der Waals surface area contributed by atoms with Gasteiger partial charge in [-0.2, -0.15) is 0 Å². The molecule has 1 fully saturated rings. The molecule has 1 aliphatic carbocycles. The van der Waals surface area contributed by atoms with Gasteiger partial charge in [-0.3, -0.25) is 5.32 Å². The molecule has 4 nitrogen and oxygen atoms in total. The molecule has 1 N–H and O–H groups in total. The van der Waals surface area contributed by atoms with Gasteiger partial charge in [0.25, 0.3) is 0 Å². The second-order valence-electron chi connectivity index (χ2n) is 9.87. The van der Waals surface area contributed by atoms with Crippen molar-refractivity contribution in [1.29, 1.82) is 0 Å². The van der Waals surface area contributed by atoms with E-state index in [9.17, 15) is 4.79 Å². The highest BCUT2D eigenvalue weighted by Gasteiger charge is 2.31. The zero-order valence-corrected chi connectivity index (χ0v) is 18.5. The van der Waals surface area contributed by atoms with Gasteiger partial charge in [-0.1, -0.05) is 51.1 Å². The fourth-order valence-corrected chi connectivity index (χ4v) is 4.86. The van der Waals surface area contributed by atoms with Gasteiger partial charge in [0.05, 0.1) is 0 Å². The fraction of sp³-hybridized carbons (Fsp3) is 0.500. The number of nitrogens with zero attached hydrogens (tertiary/aromatic N) is 1. The van der Waals surface area contributed by atoms with Gasteiger partial charge in [-0.25, -0.2) is 4.79 Å². The van der Waals surface area contributed by atoms with Gasteiger partial charge in [0.1, 0.15) is 6.10 Å². The molecule has 1 saturated carbocycles. The van der Waals surface area contributed by atoms with Crippen molar-refractivity contribution in [3.63, 3.8) is 0 Å². The van der Waals surface area contributed by atoms with Crippen LogP contribution in [0, 0.1) is 11.3 Å². The van der Waals surface area contributed by atoms with Crippen molar-refractivity contribution in [3.05, 3.63) is 59.7 Å². The minimum atomic E-state index is -0.326. The monoisotopic (exact) mass is 406 g/mol. The number of hydrogen-bond acceptors (Lipinski definition) is 3. The van der Waals surface area contributed by atoms with Crippen molar-refractivity contribution in [2.45, 2.75) is 65.5 Å². The Hall–Kier alpha value is -2.49. The molecule has 30 heavy (non-hydrogen) atoms. The molecule has 0 atom stereocenters. The van der Waals surface area contributed by atoms with Crippen LogP contribution in [0.5, 0.6) is 0 Å². The molecule has 0 spiro atoms. The summed E-state index contributed by atoms with van der Waals surface area (Å²) in [7, 11) is 0. The maximum Gasteiger partial charge on any atom is 0.411 e. The molecule has 2 aliphatic rings. The number of anilines is 2. The lowest BCUT2D eigenvalue weighted by Gasteiger charge is -2.36. The molecule has 2 aromatic rings. The van der Waals surface area contributed by atoms with Crippen molar-refractivity contribution in [3.8, 4) is 0 Å². The molecule has 0 aromatic heterocycles. The van der Waals surface area contributed by atoms with Gasteiger partial charge in [-0.15, -0.1) is 0 Å². The van der Waals surface area contributed by atoms with E-state index in [1.807, 2.05) is 6.07 Å². The molecule has 4 rings (SSSR count). The molecule has 1 heterocycles. The molecule has 0 saturated heterocycles. The maximum atomic E-state index is 12.4. The van der Waals surface area contributed by atoms with E-state index in [2.05, 4.69) is 73.5 Å². The first-order valence-electron chi connectivity index (χ1n) is 11.3. The van der Waals surface area contributed by atoms with E-state index >= 15 is 0 Å². The normalized spacial score (nSPS) is 21.2. The third kappa shape index (κ3) is 4.97. The number of benzene rings is 2. The van der Waals surface area contributed by atoms with Crippen LogP contribution in [0.15, 0.2) is 48.5 Å². The average molecular weight is 407 g/mol. The van der Waals surface area contributed by atoms with Crippen molar-refractivity contribution in [2.75, 3.05) is 16.8 Å². The Morgan fingerprint density at radius 3 is 2.50 bits per heavy atom. The van der Waals surface area contributed by atoms with Crippen LogP contribution < -0.4 is 10.2 Å². The summed E-state index contributed by atoms with van der Waals surface area (Å²) in [5.74, 6) is 0.718. The number of rotatable bonds is 4. The smallest absolute Gasteiger partial charge is 0.411 e. The zero-order chi connectivity index (χ0) is 21.1. The number of hydrogen-bond donors (Lipinski definition) is 1. The third-order valence-corrected chi connectivity index (χ3v) is 6.71. The van der Waals surface area contributed by atoms with Gasteiger partial charge >= 0.3 is 6.09 Å². The molecule has 160 valence electrons. The van der Waals surface area contributed by atoms with Gasteiger partial charge in [0.2, 0.25) is 0 Å². The van der Waals surface area contributed by atoms with Crippen LogP contribution in [0.2, 0.25) is 0 Å². The maximum absolute atomic E-state index is 12.4. The predicted octanol–water partition coefficient (Wildman–Crippen LogP) is 6.40. The Bertz CT molecular complexity index is 864. The number of carbonyl (C=O) groups excluding carboxylic acids is 1. The highest BCUT2D eigenvalue weighted by atomic mass is 16.6. The molecule has 0 unspecified atom stereocenters. The number of fused-ring (bicyclic) bond motifs is 1.